The van der Waals surface area contributed by atoms with Crippen LogP contribution < -0.4 is 10.4 Å². The minimum absolute atomic E-state index is 0.202. The Morgan fingerprint density at radius 3 is 2.16 bits per heavy atom. The molecule has 0 amide bonds. The van der Waals surface area contributed by atoms with Crippen molar-refractivity contribution in [2.45, 2.75) is 46.1 Å². The SMILES string of the molecule is Cc1ccc(Cn2nc(COC(=O)c3ccc(OC(C)(C)C(=O)O)cc3)n(Cc3ccccc3)c2=O)cc1. The fourth-order valence-electron chi connectivity index (χ4n) is 3.70. The Morgan fingerprint density at radius 2 is 1.53 bits per heavy atom. The molecule has 0 fully saturated rings. The molecular formula is C29H29N3O6. The molecule has 4 aromatic rings. The quantitative estimate of drug-likeness (QED) is 0.317. The first-order valence-corrected chi connectivity index (χ1v) is 12.1. The van der Waals surface area contributed by atoms with E-state index in [4.69, 9.17) is 9.47 Å². The van der Waals surface area contributed by atoms with E-state index in [2.05, 4.69) is 5.10 Å². The number of hydrogen-bond acceptors (Lipinski definition) is 6. The molecule has 0 atom stereocenters. The van der Waals surface area contributed by atoms with Crippen LogP contribution in [0.25, 0.3) is 0 Å². The molecule has 0 aliphatic rings. The minimum Gasteiger partial charge on any atom is -0.478 e. The summed E-state index contributed by atoms with van der Waals surface area (Å²) in [5.41, 5.74) is 1.50. The van der Waals surface area contributed by atoms with Gasteiger partial charge in [-0.15, -0.1) is 0 Å². The van der Waals surface area contributed by atoms with E-state index in [1.54, 1.807) is 0 Å². The third-order valence-corrected chi connectivity index (χ3v) is 5.95. The average Bonchev–Trinajstić information content (AvgIpc) is 3.18. The number of aryl methyl sites for hydroxylation is 1. The summed E-state index contributed by atoms with van der Waals surface area (Å²) in [6.07, 6.45) is 0. The average molecular weight is 516 g/mol. The van der Waals surface area contributed by atoms with Crippen molar-refractivity contribution in [2.24, 2.45) is 0 Å². The van der Waals surface area contributed by atoms with Crippen LogP contribution in [0.15, 0.2) is 83.7 Å². The van der Waals surface area contributed by atoms with Crippen LogP contribution in [0.1, 0.15) is 46.7 Å². The lowest BCUT2D eigenvalue weighted by Gasteiger charge is -2.21. The third kappa shape index (κ3) is 6.36. The van der Waals surface area contributed by atoms with E-state index < -0.39 is 17.5 Å². The number of aromatic nitrogens is 3. The number of carbonyl (C=O) groups excluding carboxylic acids is 1. The number of carbonyl (C=O) groups is 2. The van der Waals surface area contributed by atoms with Gasteiger partial charge in [-0.05, 0) is 56.2 Å². The molecule has 4 rings (SSSR count). The molecule has 9 heteroatoms. The first kappa shape index (κ1) is 26.4. The van der Waals surface area contributed by atoms with Gasteiger partial charge in [-0.25, -0.2) is 19.1 Å². The predicted octanol–water partition coefficient (Wildman–Crippen LogP) is 4.05. The van der Waals surface area contributed by atoms with Crippen molar-refractivity contribution in [1.29, 1.82) is 0 Å². The molecule has 3 aromatic carbocycles. The van der Waals surface area contributed by atoms with Gasteiger partial charge in [-0.2, -0.15) is 5.10 Å². The molecule has 9 nitrogen and oxygen atoms in total. The van der Waals surface area contributed by atoms with Gasteiger partial charge < -0.3 is 14.6 Å². The number of rotatable bonds is 10. The standard InChI is InChI=1S/C29H29N3O6/c1-20-9-11-22(12-10-20)18-32-28(36)31(17-21-7-5-4-6-8-21)25(30-32)19-37-26(33)23-13-15-24(16-14-23)38-29(2,3)27(34)35/h4-16H,17-19H2,1-3H3,(H,34,35). The van der Waals surface area contributed by atoms with Crippen molar-refractivity contribution in [3.63, 3.8) is 0 Å². The van der Waals surface area contributed by atoms with Gasteiger partial charge in [0.15, 0.2) is 18.0 Å². The van der Waals surface area contributed by atoms with Gasteiger partial charge in [0.25, 0.3) is 0 Å². The fourth-order valence-corrected chi connectivity index (χ4v) is 3.70. The number of carboxylic acid groups (broad SMARTS) is 1. The summed E-state index contributed by atoms with van der Waals surface area (Å²) < 4.78 is 13.8. The Morgan fingerprint density at radius 1 is 0.895 bits per heavy atom. The van der Waals surface area contributed by atoms with Crippen molar-refractivity contribution in [2.75, 3.05) is 0 Å². The molecule has 0 radical (unpaired) electrons. The highest BCUT2D eigenvalue weighted by Gasteiger charge is 2.29. The highest BCUT2D eigenvalue weighted by Crippen LogP contribution is 2.20. The number of benzene rings is 3. The second kappa shape index (κ2) is 11.2. The zero-order valence-corrected chi connectivity index (χ0v) is 21.5. The number of nitrogens with zero attached hydrogens (tertiary/aromatic N) is 3. The van der Waals surface area contributed by atoms with Crippen molar-refractivity contribution in [3.05, 3.63) is 117 Å². The van der Waals surface area contributed by atoms with Gasteiger partial charge >= 0.3 is 17.6 Å². The largest absolute Gasteiger partial charge is 0.478 e. The van der Waals surface area contributed by atoms with E-state index in [0.29, 0.717) is 11.6 Å². The van der Waals surface area contributed by atoms with E-state index >= 15 is 0 Å². The molecule has 196 valence electrons. The summed E-state index contributed by atoms with van der Waals surface area (Å²) in [5.74, 6) is -1.09. The fraction of sp³-hybridized carbons (Fsp3) is 0.241. The Kier molecular flexibility index (Phi) is 7.76. The number of hydrogen-bond donors (Lipinski definition) is 1. The summed E-state index contributed by atoms with van der Waals surface area (Å²) in [6, 6.07) is 23.3. The first-order chi connectivity index (χ1) is 18.1. The number of carboxylic acids is 1. The summed E-state index contributed by atoms with van der Waals surface area (Å²) in [7, 11) is 0. The Balaban J connectivity index is 1.51. The molecule has 0 spiro atoms. The van der Waals surface area contributed by atoms with E-state index in [0.717, 1.165) is 16.7 Å². The number of aliphatic carboxylic acids is 1. The Bertz CT molecular complexity index is 1470. The maximum atomic E-state index is 13.2. The maximum Gasteiger partial charge on any atom is 0.347 e. The zero-order valence-electron chi connectivity index (χ0n) is 21.5. The van der Waals surface area contributed by atoms with Crippen LogP contribution in [0.5, 0.6) is 5.75 Å². The predicted molar refractivity (Wildman–Crippen MR) is 140 cm³/mol. The van der Waals surface area contributed by atoms with Crippen LogP contribution in [0.3, 0.4) is 0 Å². The molecule has 0 saturated carbocycles. The van der Waals surface area contributed by atoms with Gasteiger partial charge in [-0.1, -0.05) is 60.2 Å². The van der Waals surface area contributed by atoms with Crippen molar-refractivity contribution in [1.82, 2.24) is 14.3 Å². The minimum atomic E-state index is -1.41. The topological polar surface area (TPSA) is 113 Å². The molecule has 0 saturated heterocycles. The summed E-state index contributed by atoms with van der Waals surface area (Å²) >= 11 is 0. The van der Waals surface area contributed by atoms with E-state index in [-0.39, 0.29) is 30.9 Å². The van der Waals surface area contributed by atoms with Crippen molar-refractivity contribution in [3.8, 4) is 5.75 Å². The molecule has 0 bridgehead atoms. The second-order valence-corrected chi connectivity index (χ2v) is 9.43. The molecule has 38 heavy (non-hydrogen) atoms. The molecule has 0 unspecified atom stereocenters. The first-order valence-electron chi connectivity index (χ1n) is 12.1. The van der Waals surface area contributed by atoms with Gasteiger partial charge in [0.05, 0.1) is 18.7 Å². The zero-order chi connectivity index (χ0) is 27.3. The third-order valence-electron chi connectivity index (χ3n) is 5.95. The van der Waals surface area contributed by atoms with Crippen LogP contribution in [0.2, 0.25) is 0 Å². The van der Waals surface area contributed by atoms with Gasteiger partial charge in [0.1, 0.15) is 5.75 Å². The molecule has 1 heterocycles. The molecule has 1 N–H and O–H groups in total. The van der Waals surface area contributed by atoms with Crippen molar-refractivity contribution < 1.29 is 24.2 Å². The van der Waals surface area contributed by atoms with Crippen LogP contribution in [0.4, 0.5) is 0 Å². The van der Waals surface area contributed by atoms with E-state index in [1.807, 2.05) is 61.5 Å². The lowest BCUT2D eigenvalue weighted by molar-refractivity contribution is -0.152. The summed E-state index contributed by atoms with van der Waals surface area (Å²) in [5, 5.41) is 13.7. The highest BCUT2D eigenvalue weighted by molar-refractivity contribution is 5.89. The lowest BCUT2D eigenvalue weighted by atomic mass is 10.1. The van der Waals surface area contributed by atoms with Crippen LogP contribution in [-0.4, -0.2) is 37.0 Å². The lowest BCUT2D eigenvalue weighted by Crippen LogP contribution is -2.37. The van der Waals surface area contributed by atoms with Gasteiger partial charge in [0.2, 0.25) is 0 Å². The Hall–Kier alpha value is -4.66. The van der Waals surface area contributed by atoms with Crippen molar-refractivity contribution >= 4 is 11.9 Å². The number of esters is 1. The van der Waals surface area contributed by atoms with Crippen LogP contribution >= 0.6 is 0 Å². The van der Waals surface area contributed by atoms with Crippen LogP contribution in [0, 0.1) is 6.92 Å². The smallest absolute Gasteiger partial charge is 0.347 e. The highest BCUT2D eigenvalue weighted by atomic mass is 16.5. The summed E-state index contributed by atoms with van der Waals surface area (Å²) in [6.45, 7) is 5.23. The molecular weight excluding hydrogens is 486 g/mol. The summed E-state index contributed by atoms with van der Waals surface area (Å²) in [4.78, 5) is 37.2. The Labute approximate surface area is 219 Å². The van der Waals surface area contributed by atoms with E-state index in [9.17, 15) is 19.5 Å². The second-order valence-electron chi connectivity index (χ2n) is 9.43. The van der Waals surface area contributed by atoms with E-state index in [1.165, 1.54) is 47.4 Å². The molecule has 1 aromatic heterocycles. The number of ether oxygens (including phenoxy) is 2. The van der Waals surface area contributed by atoms with Gasteiger partial charge in [-0.3, -0.25) is 4.57 Å². The normalized spacial score (nSPS) is 11.2. The molecule has 0 aliphatic carbocycles. The van der Waals surface area contributed by atoms with Crippen LogP contribution in [-0.2, 0) is 29.2 Å². The van der Waals surface area contributed by atoms with Gasteiger partial charge in [0, 0.05) is 0 Å². The monoisotopic (exact) mass is 515 g/mol. The molecule has 0 aliphatic heterocycles. The maximum absolute atomic E-state index is 13.2.